The predicted molar refractivity (Wildman–Crippen MR) is 114 cm³/mol. The minimum atomic E-state index is -0.113. The molecule has 0 spiro atoms. The zero-order chi connectivity index (χ0) is 19.8. The van der Waals surface area contributed by atoms with Crippen LogP contribution < -0.4 is 10.1 Å². The molecule has 0 radical (unpaired) electrons. The van der Waals surface area contributed by atoms with Crippen LogP contribution in [0.3, 0.4) is 0 Å². The Hall–Kier alpha value is -2.58. The number of allylic oxidation sites excluding steroid dienone is 1. The maximum absolute atomic E-state index is 12.2. The van der Waals surface area contributed by atoms with Gasteiger partial charge in [-0.05, 0) is 30.3 Å². The fraction of sp³-hybridized carbons (Fsp3) is 0.150. The van der Waals surface area contributed by atoms with Gasteiger partial charge in [-0.25, -0.2) is 0 Å². The van der Waals surface area contributed by atoms with Gasteiger partial charge in [0.1, 0.15) is 12.4 Å². The summed E-state index contributed by atoms with van der Waals surface area (Å²) in [7, 11) is 0. The average Bonchev–Trinajstić information content (AvgIpc) is 3.08. The van der Waals surface area contributed by atoms with E-state index < -0.39 is 0 Å². The first-order valence-corrected chi connectivity index (χ1v) is 10.3. The third-order valence-corrected chi connectivity index (χ3v) is 5.12. The lowest BCUT2D eigenvalue weighted by Gasteiger charge is -2.09. The summed E-state index contributed by atoms with van der Waals surface area (Å²) in [5, 5.41) is 11.9. The number of carbonyl (C=O) groups is 1. The van der Waals surface area contributed by atoms with E-state index in [0.717, 1.165) is 15.9 Å². The molecule has 8 heteroatoms. The van der Waals surface area contributed by atoms with Gasteiger partial charge < -0.3 is 10.1 Å². The van der Waals surface area contributed by atoms with Crippen molar-refractivity contribution in [3.8, 4) is 5.75 Å². The average molecular weight is 459 g/mol. The van der Waals surface area contributed by atoms with Crippen LogP contribution in [0.15, 0.2) is 76.9 Å². The molecule has 1 amide bonds. The summed E-state index contributed by atoms with van der Waals surface area (Å²) >= 11 is 4.71. The zero-order valence-electron chi connectivity index (χ0n) is 15.0. The van der Waals surface area contributed by atoms with Gasteiger partial charge in [0.05, 0.1) is 5.75 Å². The number of nitrogens with zero attached hydrogens (tertiary/aromatic N) is 3. The molecule has 0 bridgehead atoms. The highest BCUT2D eigenvalue weighted by Gasteiger charge is 2.14. The van der Waals surface area contributed by atoms with Crippen molar-refractivity contribution < 1.29 is 9.53 Å². The van der Waals surface area contributed by atoms with Crippen molar-refractivity contribution in [1.29, 1.82) is 0 Å². The van der Waals surface area contributed by atoms with Crippen LogP contribution in [0, 0.1) is 0 Å². The molecule has 2 aromatic carbocycles. The lowest BCUT2D eigenvalue weighted by atomic mass is 10.3. The number of benzene rings is 2. The van der Waals surface area contributed by atoms with Gasteiger partial charge in [-0.2, -0.15) is 0 Å². The molecule has 144 valence electrons. The van der Waals surface area contributed by atoms with Crippen molar-refractivity contribution in [2.75, 3.05) is 11.1 Å². The Morgan fingerprint density at radius 3 is 2.79 bits per heavy atom. The molecule has 1 N–H and O–H groups in total. The van der Waals surface area contributed by atoms with Gasteiger partial charge in [0.15, 0.2) is 11.0 Å². The minimum absolute atomic E-state index is 0.113. The van der Waals surface area contributed by atoms with E-state index in [9.17, 15) is 4.79 Å². The molecule has 0 saturated heterocycles. The lowest BCUT2D eigenvalue weighted by molar-refractivity contribution is -0.113. The molecule has 0 aliphatic heterocycles. The molecule has 1 heterocycles. The van der Waals surface area contributed by atoms with Gasteiger partial charge in [0.25, 0.3) is 0 Å². The van der Waals surface area contributed by atoms with Crippen LogP contribution in [0.2, 0.25) is 0 Å². The molecule has 0 unspecified atom stereocenters. The number of halogens is 1. The number of anilines is 1. The minimum Gasteiger partial charge on any atom is -0.486 e. The van der Waals surface area contributed by atoms with E-state index in [-0.39, 0.29) is 18.3 Å². The smallest absolute Gasteiger partial charge is 0.234 e. The predicted octanol–water partition coefficient (Wildman–Crippen LogP) is 4.54. The van der Waals surface area contributed by atoms with Crippen molar-refractivity contribution in [2.24, 2.45) is 0 Å². The molecule has 0 aliphatic carbocycles. The summed E-state index contributed by atoms with van der Waals surface area (Å²) in [5.74, 6) is 1.55. The fourth-order valence-corrected chi connectivity index (χ4v) is 3.57. The first-order valence-electron chi connectivity index (χ1n) is 8.55. The van der Waals surface area contributed by atoms with Gasteiger partial charge >= 0.3 is 0 Å². The van der Waals surface area contributed by atoms with E-state index >= 15 is 0 Å². The fourth-order valence-electron chi connectivity index (χ4n) is 2.40. The quantitative estimate of drug-likeness (QED) is 0.376. The number of amides is 1. The number of ether oxygens (including phenoxy) is 1. The zero-order valence-corrected chi connectivity index (χ0v) is 17.4. The van der Waals surface area contributed by atoms with Crippen molar-refractivity contribution in [3.63, 3.8) is 0 Å². The summed E-state index contributed by atoms with van der Waals surface area (Å²) in [6.07, 6.45) is 1.76. The molecule has 0 fully saturated rings. The van der Waals surface area contributed by atoms with Crippen molar-refractivity contribution in [1.82, 2.24) is 14.8 Å². The summed E-state index contributed by atoms with van der Waals surface area (Å²) in [6.45, 7) is 4.61. The molecule has 6 nitrogen and oxygen atoms in total. The molecule has 3 rings (SSSR count). The van der Waals surface area contributed by atoms with Crippen molar-refractivity contribution in [3.05, 3.63) is 77.5 Å². The Labute approximate surface area is 176 Å². The van der Waals surface area contributed by atoms with Crippen LogP contribution in [0.25, 0.3) is 0 Å². The second kappa shape index (κ2) is 10.1. The largest absolute Gasteiger partial charge is 0.486 e. The van der Waals surface area contributed by atoms with Gasteiger partial charge in [0, 0.05) is 16.7 Å². The molecular weight excluding hydrogens is 440 g/mol. The van der Waals surface area contributed by atoms with E-state index in [2.05, 4.69) is 38.0 Å². The monoisotopic (exact) mass is 458 g/mol. The molecule has 0 aliphatic rings. The number of thioether (sulfide) groups is 1. The van der Waals surface area contributed by atoms with E-state index in [1.165, 1.54) is 11.8 Å². The van der Waals surface area contributed by atoms with Crippen LogP contribution in [-0.4, -0.2) is 26.4 Å². The van der Waals surface area contributed by atoms with E-state index in [1.54, 1.807) is 6.08 Å². The Morgan fingerprint density at radius 1 is 1.21 bits per heavy atom. The second-order valence-corrected chi connectivity index (χ2v) is 7.61. The Kier molecular flexibility index (Phi) is 7.27. The normalized spacial score (nSPS) is 10.5. The number of nitrogens with one attached hydrogen (secondary N) is 1. The number of carbonyl (C=O) groups excluding carboxylic acids is 1. The third-order valence-electron chi connectivity index (χ3n) is 3.66. The van der Waals surface area contributed by atoms with Gasteiger partial charge in [0.2, 0.25) is 5.91 Å². The van der Waals surface area contributed by atoms with Crippen molar-refractivity contribution >= 4 is 39.3 Å². The van der Waals surface area contributed by atoms with Crippen LogP contribution in [0.1, 0.15) is 5.82 Å². The number of rotatable bonds is 9. The Bertz CT molecular complexity index is 946. The Morgan fingerprint density at radius 2 is 2.04 bits per heavy atom. The first-order chi connectivity index (χ1) is 13.7. The SMILES string of the molecule is C=CCn1c(COc2ccccc2)nnc1SCC(=O)Nc1cccc(Br)c1. The summed E-state index contributed by atoms with van der Waals surface area (Å²) in [5.41, 5.74) is 0.740. The van der Waals surface area contributed by atoms with Crippen LogP contribution >= 0.6 is 27.7 Å². The molecule has 1 aromatic heterocycles. The maximum Gasteiger partial charge on any atom is 0.234 e. The molecule has 0 atom stereocenters. The molecular formula is C20H19BrN4O2S. The number of hydrogen-bond acceptors (Lipinski definition) is 5. The van der Waals surface area contributed by atoms with E-state index in [4.69, 9.17) is 4.74 Å². The lowest BCUT2D eigenvalue weighted by Crippen LogP contribution is -2.15. The van der Waals surface area contributed by atoms with Gasteiger partial charge in [-0.15, -0.1) is 16.8 Å². The topological polar surface area (TPSA) is 69.0 Å². The molecule has 0 saturated carbocycles. The van der Waals surface area contributed by atoms with Crippen LogP contribution in [0.5, 0.6) is 5.75 Å². The second-order valence-electron chi connectivity index (χ2n) is 5.75. The van der Waals surface area contributed by atoms with Crippen molar-refractivity contribution in [2.45, 2.75) is 18.3 Å². The summed E-state index contributed by atoms with van der Waals surface area (Å²) in [6, 6.07) is 17.0. The summed E-state index contributed by atoms with van der Waals surface area (Å²) in [4.78, 5) is 12.2. The van der Waals surface area contributed by atoms with Crippen LogP contribution in [-0.2, 0) is 17.9 Å². The number of para-hydroxylation sites is 1. The van der Waals surface area contributed by atoms with Gasteiger partial charge in [-0.3, -0.25) is 9.36 Å². The highest BCUT2D eigenvalue weighted by molar-refractivity contribution is 9.10. The maximum atomic E-state index is 12.2. The number of aromatic nitrogens is 3. The Balaban J connectivity index is 1.60. The molecule has 3 aromatic rings. The molecule has 28 heavy (non-hydrogen) atoms. The third kappa shape index (κ3) is 5.71. The van der Waals surface area contributed by atoms with E-state index in [1.807, 2.05) is 59.2 Å². The standard InChI is InChI=1S/C20H19BrN4O2S/c1-2-11-25-18(13-27-17-9-4-3-5-10-17)23-24-20(25)28-14-19(26)22-16-8-6-7-15(21)12-16/h2-10,12H,1,11,13-14H2,(H,22,26). The van der Waals surface area contributed by atoms with Crippen LogP contribution in [0.4, 0.5) is 5.69 Å². The summed E-state index contributed by atoms with van der Waals surface area (Å²) < 4.78 is 8.56. The van der Waals surface area contributed by atoms with Gasteiger partial charge in [-0.1, -0.05) is 58.0 Å². The van der Waals surface area contributed by atoms with E-state index in [0.29, 0.717) is 17.5 Å². The number of hydrogen-bond donors (Lipinski definition) is 1. The highest BCUT2D eigenvalue weighted by Crippen LogP contribution is 2.20. The first kappa shape index (κ1) is 20.2. The highest BCUT2D eigenvalue weighted by atomic mass is 79.9.